The summed E-state index contributed by atoms with van der Waals surface area (Å²) in [5.74, 6) is -0.244. The second-order valence-corrected chi connectivity index (χ2v) is 8.22. The van der Waals surface area contributed by atoms with Gasteiger partial charge in [-0.3, -0.25) is 9.89 Å². The molecule has 1 aromatic heterocycles. The predicted molar refractivity (Wildman–Crippen MR) is 99.7 cm³/mol. The van der Waals surface area contributed by atoms with Gasteiger partial charge in [-0.2, -0.15) is 5.10 Å². The summed E-state index contributed by atoms with van der Waals surface area (Å²) in [6, 6.07) is 6.46. The molecule has 0 radical (unpaired) electrons. The van der Waals surface area contributed by atoms with Crippen LogP contribution in [-0.2, 0) is 29.5 Å². The molecular weight excluding hydrogens is 378 g/mol. The van der Waals surface area contributed by atoms with E-state index in [4.69, 9.17) is 0 Å². The van der Waals surface area contributed by atoms with Crippen LogP contribution in [0.15, 0.2) is 29.2 Å². The minimum absolute atomic E-state index is 0. The van der Waals surface area contributed by atoms with E-state index in [-0.39, 0.29) is 23.2 Å². The van der Waals surface area contributed by atoms with Crippen molar-refractivity contribution in [2.45, 2.75) is 24.4 Å². The maximum Gasteiger partial charge on any atom is 0.272 e. The van der Waals surface area contributed by atoms with Gasteiger partial charge in [-0.25, -0.2) is 12.7 Å². The standard InChI is InChI=1S/C16H21N5O3S.ClH/c1-21(2)25(23,24)12-5-3-11(4-6-12)9-18-16(22)15-13-10-17-8-7-14(13)19-20-15;/h3-6,17H,7-10H2,1-2H3,(H,18,22)(H,19,20);1H. The molecule has 0 saturated heterocycles. The van der Waals surface area contributed by atoms with Crippen molar-refractivity contribution in [1.29, 1.82) is 0 Å². The summed E-state index contributed by atoms with van der Waals surface area (Å²) in [5.41, 5.74) is 3.14. The van der Waals surface area contributed by atoms with E-state index in [0.717, 1.165) is 29.8 Å². The van der Waals surface area contributed by atoms with Gasteiger partial charge in [0.2, 0.25) is 10.0 Å². The molecule has 142 valence electrons. The first-order valence-corrected chi connectivity index (χ1v) is 9.40. The van der Waals surface area contributed by atoms with Crippen molar-refractivity contribution in [3.05, 3.63) is 46.8 Å². The van der Waals surface area contributed by atoms with Crippen LogP contribution in [0.2, 0.25) is 0 Å². The van der Waals surface area contributed by atoms with Crippen molar-refractivity contribution in [1.82, 2.24) is 25.1 Å². The van der Waals surface area contributed by atoms with Crippen LogP contribution in [0.5, 0.6) is 0 Å². The van der Waals surface area contributed by atoms with E-state index in [1.165, 1.54) is 30.5 Å². The number of nitrogens with one attached hydrogen (secondary N) is 3. The van der Waals surface area contributed by atoms with Gasteiger partial charge >= 0.3 is 0 Å². The number of amides is 1. The lowest BCUT2D eigenvalue weighted by Gasteiger charge is -2.13. The number of H-pyrrole nitrogens is 1. The summed E-state index contributed by atoms with van der Waals surface area (Å²) >= 11 is 0. The SMILES string of the molecule is CN(C)S(=O)(=O)c1ccc(CNC(=O)c2n[nH]c3c2CNCC3)cc1.Cl. The van der Waals surface area contributed by atoms with Gasteiger partial charge in [-0.15, -0.1) is 12.4 Å². The Bertz CT molecular complexity index is 878. The highest BCUT2D eigenvalue weighted by Crippen LogP contribution is 2.16. The van der Waals surface area contributed by atoms with Crippen LogP contribution in [0.1, 0.15) is 27.3 Å². The zero-order valence-electron chi connectivity index (χ0n) is 14.6. The Labute approximate surface area is 158 Å². The number of fused-ring (bicyclic) bond motifs is 1. The van der Waals surface area contributed by atoms with Gasteiger partial charge in [0.25, 0.3) is 5.91 Å². The highest BCUT2D eigenvalue weighted by atomic mass is 35.5. The lowest BCUT2D eigenvalue weighted by molar-refractivity contribution is 0.0944. The number of hydrogen-bond acceptors (Lipinski definition) is 5. The predicted octanol–water partition coefficient (Wildman–Crippen LogP) is 0.658. The maximum atomic E-state index is 12.3. The number of aromatic amines is 1. The van der Waals surface area contributed by atoms with Gasteiger partial charge < -0.3 is 10.6 Å². The number of carbonyl (C=O) groups excluding carboxylic acids is 1. The molecule has 0 spiro atoms. The van der Waals surface area contributed by atoms with Gasteiger partial charge in [0.05, 0.1) is 4.90 Å². The van der Waals surface area contributed by atoms with Crippen molar-refractivity contribution in [3.8, 4) is 0 Å². The Morgan fingerprint density at radius 1 is 1.27 bits per heavy atom. The van der Waals surface area contributed by atoms with Gasteiger partial charge in [-0.05, 0) is 17.7 Å². The fraction of sp³-hybridized carbons (Fsp3) is 0.375. The molecule has 2 aromatic rings. The number of carbonyl (C=O) groups is 1. The molecule has 1 aliphatic rings. The molecule has 26 heavy (non-hydrogen) atoms. The van der Waals surface area contributed by atoms with E-state index < -0.39 is 10.0 Å². The number of sulfonamides is 1. The minimum atomic E-state index is -3.45. The van der Waals surface area contributed by atoms with Crippen LogP contribution >= 0.6 is 12.4 Å². The fourth-order valence-corrected chi connectivity index (χ4v) is 3.57. The van der Waals surface area contributed by atoms with Crippen molar-refractivity contribution >= 4 is 28.3 Å². The second-order valence-electron chi connectivity index (χ2n) is 6.07. The third kappa shape index (κ3) is 4.07. The molecule has 3 rings (SSSR count). The molecule has 3 N–H and O–H groups in total. The van der Waals surface area contributed by atoms with Crippen LogP contribution in [0.4, 0.5) is 0 Å². The zero-order chi connectivity index (χ0) is 18.0. The molecule has 1 aliphatic heterocycles. The van der Waals surface area contributed by atoms with Gasteiger partial charge in [0, 0.05) is 51.4 Å². The maximum absolute atomic E-state index is 12.3. The first-order valence-electron chi connectivity index (χ1n) is 7.96. The third-order valence-electron chi connectivity index (χ3n) is 4.18. The minimum Gasteiger partial charge on any atom is -0.347 e. The molecule has 0 atom stereocenters. The quantitative estimate of drug-likeness (QED) is 0.684. The number of nitrogens with zero attached hydrogens (tertiary/aromatic N) is 2. The smallest absolute Gasteiger partial charge is 0.272 e. The number of hydrogen-bond donors (Lipinski definition) is 3. The Balaban J connectivity index is 0.00000243. The van der Waals surface area contributed by atoms with Crippen LogP contribution < -0.4 is 10.6 Å². The summed E-state index contributed by atoms with van der Waals surface area (Å²) in [6.45, 7) is 1.81. The van der Waals surface area contributed by atoms with Crippen molar-refractivity contribution in [2.24, 2.45) is 0 Å². The summed E-state index contributed by atoms with van der Waals surface area (Å²) in [7, 11) is -0.468. The molecule has 10 heteroatoms. The summed E-state index contributed by atoms with van der Waals surface area (Å²) in [4.78, 5) is 12.6. The van der Waals surface area contributed by atoms with Gasteiger partial charge in [0.15, 0.2) is 5.69 Å². The van der Waals surface area contributed by atoms with Crippen LogP contribution in [0, 0.1) is 0 Å². The van der Waals surface area contributed by atoms with Crippen molar-refractivity contribution in [3.63, 3.8) is 0 Å². The number of halogens is 1. The third-order valence-corrected chi connectivity index (χ3v) is 6.01. The lowest BCUT2D eigenvalue weighted by Crippen LogP contribution is -2.28. The molecule has 0 saturated carbocycles. The van der Waals surface area contributed by atoms with Crippen molar-refractivity contribution in [2.75, 3.05) is 20.6 Å². The van der Waals surface area contributed by atoms with E-state index in [9.17, 15) is 13.2 Å². The lowest BCUT2D eigenvalue weighted by atomic mass is 10.1. The Hall–Kier alpha value is -1.94. The fourth-order valence-electron chi connectivity index (χ4n) is 2.67. The van der Waals surface area contributed by atoms with E-state index in [1.807, 2.05) is 0 Å². The molecule has 0 bridgehead atoms. The molecule has 0 fully saturated rings. The Morgan fingerprint density at radius 2 is 1.96 bits per heavy atom. The normalized spacial score (nSPS) is 13.8. The van der Waals surface area contributed by atoms with Crippen LogP contribution in [0.25, 0.3) is 0 Å². The van der Waals surface area contributed by atoms with E-state index in [1.54, 1.807) is 12.1 Å². The number of aromatic nitrogens is 2. The zero-order valence-corrected chi connectivity index (χ0v) is 16.2. The average Bonchev–Trinajstić information content (AvgIpc) is 3.04. The molecule has 8 nitrogen and oxygen atoms in total. The van der Waals surface area contributed by atoms with E-state index >= 15 is 0 Å². The van der Waals surface area contributed by atoms with Gasteiger partial charge in [-0.1, -0.05) is 12.1 Å². The monoisotopic (exact) mass is 399 g/mol. The summed E-state index contributed by atoms with van der Waals surface area (Å²) in [6.07, 6.45) is 0.831. The van der Waals surface area contributed by atoms with Crippen LogP contribution in [0.3, 0.4) is 0 Å². The highest BCUT2D eigenvalue weighted by Gasteiger charge is 2.21. The molecule has 0 unspecified atom stereocenters. The molecule has 1 amide bonds. The first-order chi connectivity index (χ1) is 11.9. The topological polar surface area (TPSA) is 107 Å². The van der Waals surface area contributed by atoms with Crippen molar-refractivity contribution < 1.29 is 13.2 Å². The first kappa shape index (κ1) is 20.4. The highest BCUT2D eigenvalue weighted by molar-refractivity contribution is 7.89. The summed E-state index contributed by atoms with van der Waals surface area (Å²) in [5, 5.41) is 13.1. The molecule has 1 aromatic carbocycles. The van der Waals surface area contributed by atoms with E-state index in [0.29, 0.717) is 18.8 Å². The Kier molecular flexibility index (Phi) is 6.40. The molecular formula is C16H22ClN5O3S. The molecule has 0 aliphatic carbocycles. The number of benzene rings is 1. The summed E-state index contributed by atoms with van der Waals surface area (Å²) < 4.78 is 25.2. The average molecular weight is 400 g/mol. The Morgan fingerprint density at radius 3 is 2.62 bits per heavy atom. The molecule has 2 heterocycles. The van der Waals surface area contributed by atoms with Crippen LogP contribution in [-0.4, -0.2) is 49.5 Å². The largest absolute Gasteiger partial charge is 0.347 e. The van der Waals surface area contributed by atoms with E-state index in [2.05, 4.69) is 20.8 Å². The number of rotatable bonds is 5. The van der Waals surface area contributed by atoms with Gasteiger partial charge in [0.1, 0.15) is 0 Å². The second kappa shape index (κ2) is 8.17.